The molecule has 2 rings (SSSR count). The van der Waals surface area contributed by atoms with Gasteiger partial charge in [0.15, 0.2) is 0 Å². The van der Waals surface area contributed by atoms with E-state index in [1.807, 2.05) is 13.0 Å². The Morgan fingerprint density at radius 2 is 1.94 bits per heavy atom. The lowest BCUT2D eigenvalue weighted by Crippen LogP contribution is -2.19. The molecule has 0 spiro atoms. The first-order valence-electron chi connectivity index (χ1n) is 5.65. The third-order valence-corrected chi connectivity index (χ3v) is 2.81. The largest absolute Gasteiger partial charge is 0.309 e. The van der Waals surface area contributed by atoms with Crippen LogP contribution in [0, 0.1) is 18.6 Å². The highest BCUT2D eigenvalue weighted by Gasteiger charge is 2.16. The highest BCUT2D eigenvalue weighted by Crippen LogP contribution is 2.24. The van der Waals surface area contributed by atoms with Gasteiger partial charge in [0.25, 0.3) is 0 Å². The van der Waals surface area contributed by atoms with Crippen LogP contribution in [0.4, 0.5) is 8.78 Å². The zero-order valence-electron chi connectivity index (χ0n) is 10.2. The second-order valence-electron chi connectivity index (χ2n) is 4.18. The number of aryl methyl sites for hydroxylation is 1. The van der Waals surface area contributed by atoms with E-state index in [1.165, 1.54) is 18.3 Å². The van der Waals surface area contributed by atoms with Crippen molar-refractivity contribution in [1.82, 2.24) is 10.3 Å². The van der Waals surface area contributed by atoms with Crippen LogP contribution in [0.5, 0.6) is 0 Å². The number of rotatable bonds is 3. The maximum Gasteiger partial charge on any atom is 0.141 e. The molecule has 18 heavy (non-hydrogen) atoms. The Morgan fingerprint density at radius 1 is 1.17 bits per heavy atom. The van der Waals surface area contributed by atoms with Gasteiger partial charge in [0.1, 0.15) is 11.6 Å². The molecule has 94 valence electrons. The molecular weight excluding hydrogens is 234 g/mol. The quantitative estimate of drug-likeness (QED) is 0.903. The number of nitrogens with one attached hydrogen (secondary N) is 1. The molecule has 0 fully saturated rings. The molecule has 0 aliphatic heterocycles. The number of nitrogens with zero attached hydrogens (tertiary/aromatic N) is 1. The lowest BCUT2D eigenvalue weighted by Gasteiger charge is -2.17. The Hall–Kier alpha value is -1.81. The molecule has 0 aliphatic rings. The summed E-state index contributed by atoms with van der Waals surface area (Å²) in [5, 5.41) is 2.98. The van der Waals surface area contributed by atoms with E-state index in [1.54, 1.807) is 13.1 Å². The Kier molecular flexibility index (Phi) is 3.67. The Labute approximate surface area is 105 Å². The van der Waals surface area contributed by atoms with Crippen LogP contribution in [-0.2, 0) is 0 Å². The molecule has 1 unspecified atom stereocenters. The van der Waals surface area contributed by atoms with Crippen molar-refractivity contribution >= 4 is 0 Å². The summed E-state index contributed by atoms with van der Waals surface area (Å²) in [5.41, 5.74) is 1.93. The van der Waals surface area contributed by atoms with Crippen molar-refractivity contribution in [3.8, 4) is 0 Å². The lowest BCUT2D eigenvalue weighted by molar-refractivity contribution is 0.568. The van der Waals surface area contributed by atoms with Crippen molar-refractivity contribution in [2.24, 2.45) is 0 Å². The predicted molar refractivity (Wildman–Crippen MR) is 66.2 cm³/mol. The first-order chi connectivity index (χ1) is 8.61. The van der Waals surface area contributed by atoms with Gasteiger partial charge in [0.05, 0.1) is 12.2 Å². The minimum atomic E-state index is -0.430. The fourth-order valence-corrected chi connectivity index (χ4v) is 1.95. The van der Waals surface area contributed by atoms with Gasteiger partial charge in [-0.15, -0.1) is 0 Å². The average molecular weight is 248 g/mol. The molecular formula is C14H14F2N2. The molecule has 2 nitrogen and oxygen atoms in total. The second kappa shape index (κ2) is 5.23. The Balaban J connectivity index is 2.45. The van der Waals surface area contributed by atoms with Crippen molar-refractivity contribution in [1.29, 1.82) is 0 Å². The standard InChI is InChI=1S/C14H14F2N2/c1-9-3-4-12(13(16)5-9)14(17-2)10-6-11(15)8-18-7-10/h3-8,14,17H,1-2H3. The molecule has 0 aliphatic carbocycles. The van der Waals surface area contributed by atoms with E-state index in [-0.39, 0.29) is 5.82 Å². The van der Waals surface area contributed by atoms with E-state index in [9.17, 15) is 8.78 Å². The van der Waals surface area contributed by atoms with Crippen LogP contribution in [0.15, 0.2) is 36.7 Å². The van der Waals surface area contributed by atoms with Crippen LogP contribution in [0.25, 0.3) is 0 Å². The minimum absolute atomic E-state index is 0.307. The van der Waals surface area contributed by atoms with Crippen LogP contribution in [0.2, 0.25) is 0 Å². The van der Waals surface area contributed by atoms with Crippen molar-refractivity contribution in [3.63, 3.8) is 0 Å². The molecule has 0 saturated heterocycles. The van der Waals surface area contributed by atoms with E-state index < -0.39 is 11.9 Å². The van der Waals surface area contributed by atoms with Crippen molar-refractivity contribution in [2.75, 3.05) is 7.05 Å². The summed E-state index contributed by atoms with van der Waals surface area (Å²) < 4.78 is 27.1. The van der Waals surface area contributed by atoms with Gasteiger partial charge in [0, 0.05) is 11.8 Å². The van der Waals surface area contributed by atoms with Gasteiger partial charge in [-0.1, -0.05) is 12.1 Å². The summed E-state index contributed by atoms with van der Waals surface area (Å²) in [5.74, 6) is -0.737. The zero-order chi connectivity index (χ0) is 13.1. The minimum Gasteiger partial charge on any atom is -0.309 e. The maximum atomic E-state index is 13.9. The van der Waals surface area contributed by atoms with Gasteiger partial charge in [-0.25, -0.2) is 8.78 Å². The summed E-state index contributed by atoms with van der Waals surface area (Å²) >= 11 is 0. The molecule has 2 aromatic rings. The number of hydrogen-bond donors (Lipinski definition) is 1. The van der Waals surface area contributed by atoms with Crippen LogP contribution in [-0.4, -0.2) is 12.0 Å². The van der Waals surface area contributed by atoms with Crippen molar-refractivity contribution in [2.45, 2.75) is 13.0 Å². The summed E-state index contributed by atoms with van der Waals surface area (Å²) in [6.07, 6.45) is 2.66. The molecule has 1 aromatic heterocycles. The summed E-state index contributed by atoms with van der Waals surface area (Å²) in [6, 6.07) is 5.94. The molecule has 1 aromatic carbocycles. The van der Waals surface area contributed by atoms with Gasteiger partial charge < -0.3 is 5.32 Å². The first kappa shape index (κ1) is 12.6. The molecule has 1 atom stereocenters. The normalized spacial score (nSPS) is 12.4. The molecule has 0 amide bonds. The third-order valence-electron chi connectivity index (χ3n) is 2.81. The second-order valence-corrected chi connectivity index (χ2v) is 4.18. The average Bonchev–Trinajstić information content (AvgIpc) is 2.33. The fourth-order valence-electron chi connectivity index (χ4n) is 1.95. The van der Waals surface area contributed by atoms with Crippen LogP contribution in [0.3, 0.4) is 0 Å². The number of hydrogen-bond acceptors (Lipinski definition) is 2. The highest BCUT2D eigenvalue weighted by atomic mass is 19.1. The van der Waals surface area contributed by atoms with Gasteiger partial charge in [-0.2, -0.15) is 0 Å². The number of pyridine rings is 1. The third kappa shape index (κ3) is 2.54. The predicted octanol–water partition coefficient (Wildman–Crippen LogP) is 2.98. The van der Waals surface area contributed by atoms with E-state index in [4.69, 9.17) is 0 Å². The SMILES string of the molecule is CNC(c1cncc(F)c1)c1ccc(C)cc1F. The monoisotopic (exact) mass is 248 g/mol. The number of halogens is 2. The van der Waals surface area contributed by atoms with Gasteiger partial charge in [-0.3, -0.25) is 4.98 Å². The van der Waals surface area contributed by atoms with E-state index in [0.717, 1.165) is 11.8 Å². The molecule has 0 radical (unpaired) electrons. The highest BCUT2D eigenvalue weighted by molar-refractivity contribution is 5.33. The lowest BCUT2D eigenvalue weighted by atomic mass is 9.98. The first-order valence-corrected chi connectivity index (χ1v) is 5.65. The molecule has 0 saturated carbocycles. The smallest absolute Gasteiger partial charge is 0.141 e. The van der Waals surface area contributed by atoms with Crippen LogP contribution >= 0.6 is 0 Å². The number of benzene rings is 1. The van der Waals surface area contributed by atoms with E-state index in [0.29, 0.717) is 11.1 Å². The molecule has 4 heteroatoms. The van der Waals surface area contributed by atoms with Crippen molar-refractivity contribution in [3.05, 3.63) is 65.0 Å². The summed E-state index contributed by atoms with van der Waals surface area (Å²) in [7, 11) is 1.70. The zero-order valence-corrected chi connectivity index (χ0v) is 10.2. The molecule has 1 N–H and O–H groups in total. The number of aromatic nitrogens is 1. The van der Waals surface area contributed by atoms with Crippen molar-refractivity contribution < 1.29 is 8.78 Å². The van der Waals surface area contributed by atoms with Gasteiger partial charge >= 0.3 is 0 Å². The maximum absolute atomic E-state index is 13.9. The Bertz CT molecular complexity index is 555. The van der Waals surface area contributed by atoms with Gasteiger partial charge in [-0.05, 0) is 37.2 Å². The summed E-state index contributed by atoms with van der Waals surface area (Å²) in [6.45, 7) is 1.82. The summed E-state index contributed by atoms with van der Waals surface area (Å²) in [4.78, 5) is 3.79. The van der Waals surface area contributed by atoms with E-state index in [2.05, 4.69) is 10.3 Å². The van der Waals surface area contributed by atoms with Crippen LogP contribution < -0.4 is 5.32 Å². The fraction of sp³-hybridized carbons (Fsp3) is 0.214. The Morgan fingerprint density at radius 3 is 2.56 bits per heavy atom. The van der Waals surface area contributed by atoms with Crippen LogP contribution in [0.1, 0.15) is 22.7 Å². The molecule has 0 bridgehead atoms. The topological polar surface area (TPSA) is 24.9 Å². The molecule has 1 heterocycles. The van der Waals surface area contributed by atoms with Gasteiger partial charge in [0.2, 0.25) is 0 Å². The van der Waals surface area contributed by atoms with E-state index >= 15 is 0 Å².